The van der Waals surface area contributed by atoms with Crippen LogP contribution in [0.3, 0.4) is 0 Å². The van der Waals surface area contributed by atoms with Crippen LogP contribution in [-0.4, -0.2) is 27.8 Å². The van der Waals surface area contributed by atoms with Crippen molar-refractivity contribution >= 4 is 23.4 Å². The van der Waals surface area contributed by atoms with Crippen LogP contribution in [0.1, 0.15) is 12.0 Å². The van der Waals surface area contributed by atoms with E-state index in [2.05, 4.69) is 11.1 Å². The van der Waals surface area contributed by atoms with Crippen LogP contribution < -0.4 is 4.90 Å². The lowest BCUT2D eigenvalue weighted by Gasteiger charge is -2.29. The molecule has 0 N–H and O–H groups in total. The molecule has 6 heteroatoms. The number of aromatic nitrogens is 2. The van der Waals surface area contributed by atoms with E-state index in [1.54, 1.807) is 18.3 Å². The molecule has 3 aromatic rings. The predicted molar refractivity (Wildman–Crippen MR) is 106 cm³/mol. The van der Waals surface area contributed by atoms with Gasteiger partial charge in [0.05, 0.1) is 17.6 Å². The summed E-state index contributed by atoms with van der Waals surface area (Å²) in [5.74, 6) is 0.170. The van der Waals surface area contributed by atoms with Crippen LogP contribution in [0.25, 0.3) is 11.3 Å². The summed E-state index contributed by atoms with van der Waals surface area (Å²) in [7, 11) is 1.91. The first kappa shape index (κ1) is 17.8. The molecule has 27 heavy (non-hydrogen) atoms. The first-order valence-electron chi connectivity index (χ1n) is 8.92. The van der Waals surface area contributed by atoms with E-state index in [0.717, 1.165) is 41.5 Å². The summed E-state index contributed by atoms with van der Waals surface area (Å²) in [5.41, 5.74) is 4.06. The number of carbonyl (C=O) groups is 1. The first-order chi connectivity index (χ1) is 13.1. The Bertz CT molecular complexity index is 968. The number of fused-ring (bicyclic) bond motifs is 1. The zero-order chi connectivity index (χ0) is 18.8. The normalized spacial score (nSPS) is 13.5. The molecule has 0 unspecified atom stereocenters. The van der Waals surface area contributed by atoms with Crippen molar-refractivity contribution in [1.82, 2.24) is 9.55 Å². The maximum atomic E-state index is 13.1. The van der Waals surface area contributed by atoms with E-state index in [-0.39, 0.29) is 11.7 Å². The molecule has 1 aromatic heterocycles. The zero-order valence-corrected chi connectivity index (χ0v) is 15.9. The quantitative estimate of drug-likeness (QED) is 0.633. The number of hydrogen-bond acceptors (Lipinski definition) is 3. The molecule has 138 valence electrons. The number of imidazole rings is 1. The molecule has 0 fully saturated rings. The summed E-state index contributed by atoms with van der Waals surface area (Å²) in [4.78, 5) is 19.1. The molecule has 1 amide bonds. The second kappa shape index (κ2) is 7.56. The van der Waals surface area contributed by atoms with Gasteiger partial charge in [-0.05, 0) is 54.3 Å². The molecular formula is C21H20FN3OS. The van der Waals surface area contributed by atoms with Gasteiger partial charge in [0.1, 0.15) is 5.82 Å². The van der Waals surface area contributed by atoms with Gasteiger partial charge in [0.2, 0.25) is 5.91 Å². The fourth-order valence-corrected chi connectivity index (χ4v) is 4.24. The number of para-hydroxylation sites is 1. The molecule has 0 bridgehead atoms. The standard InChI is InChI=1S/C21H20FN3OS/c1-24-19(16-8-10-17(22)11-9-16)13-23-21(24)27-14-20(26)25-12-4-6-15-5-2-3-7-18(15)25/h2-3,5,7-11,13H,4,6,12,14H2,1H3. The van der Waals surface area contributed by atoms with Gasteiger partial charge in [-0.15, -0.1) is 0 Å². The Balaban J connectivity index is 1.47. The van der Waals surface area contributed by atoms with Crippen molar-refractivity contribution in [3.05, 3.63) is 66.1 Å². The third-order valence-corrected chi connectivity index (χ3v) is 5.85. The summed E-state index contributed by atoms with van der Waals surface area (Å²) in [6, 6.07) is 14.4. The van der Waals surface area contributed by atoms with Gasteiger partial charge in [-0.2, -0.15) is 0 Å². The van der Waals surface area contributed by atoms with Crippen molar-refractivity contribution in [1.29, 1.82) is 0 Å². The number of halogens is 1. The molecule has 1 aliphatic rings. The molecule has 0 atom stereocenters. The van der Waals surface area contributed by atoms with Crippen molar-refractivity contribution < 1.29 is 9.18 Å². The summed E-state index contributed by atoms with van der Waals surface area (Å²) < 4.78 is 15.1. The van der Waals surface area contributed by atoms with Crippen molar-refractivity contribution in [2.75, 3.05) is 17.2 Å². The molecule has 2 aromatic carbocycles. The second-order valence-electron chi connectivity index (χ2n) is 6.56. The van der Waals surface area contributed by atoms with Crippen LogP contribution in [0.5, 0.6) is 0 Å². The number of hydrogen-bond donors (Lipinski definition) is 0. The van der Waals surface area contributed by atoms with Crippen LogP contribution in [0.4, 0.5) is 10.1 Å². The van der Waals surface area contributed by atoms with Crippen molar-refractivity contribution in [2.45, 2.75) is 18.0 Å². The minimum atomic E-state index is -0.261. The number of aryl methyl sites for hydroxylation is 1. The SMILES string of the molecule is Cn1c(-c2ccc(F)cc2)cnc1SCC(=O)N1CCCc2ccccc21. The third-order valence-electron chi connectivity index (χ3n) is 4.82. The minimum Gasteiger partial charge on any atom is -0.322 e. The Labute approximate surface area is 162 Å². The lowest BCUT2D eigenvalue weighted by Crippen LogP contribution is -2.36. The maximum Gasteiger partial charge on any atom is 0.237 e. The number of nitrogens with zero attached hydrogens (tertiary/aromatic N) is 3. The van der Waals surface area contributed by atoms with Crippen LogP contribution in [0.15, 0.2) is 59.9 Å². The Morgan fingerprint density at radius 2 is 1.96 bits per heavy atom. The summed E-state index contributed by atoms with van der Waals surface area (Å²) >= 11 is 1.43. The molecule has 1 aliphatic heterocycles. The topological polar surface area (TPSA) is 38.1 Å². The van der Waals surface area contributed by atoms with Crippen LogP contribution >= 0.6 is 11.8 Å². The first-order valence-corrected chi connectivity index (χ1v) is 9.91. The summed E-state index contributed by atoms with van der Waals surface area (Å²) in [6.07, 6.45) is 3.77. The summed E-state index contributed by atoms with van der Waals surface area (Å²) in [6.45, 7) is 0.762. The van der Waals surface area contributed by atoms with E-state index < -0.39 is 0 Å². The van der Waals surface area contributed by atoms with Gasteiger partial charge in [0.25, 0.3) is 0 Å². The van der Waals surface area contributed by atoms with Crippen LogP contribution in [-0.2, 0) is 18.3 Å². The van der Waals surface area contributed by atoms with E-state index in [1.807, 2.05) is 34.7 Å². The smallest absolute Gasteiger partial charge is 0.237 e. The lowest BCUT2D eigenvalue weighted by atomic mass is 10.0. The second-order valence-corrected chi connectivity index (χ2v) is 7.50. The summed E-state index contributed by atoms with van der Waals surface area (Å²) in [5, 5.41) is 0.771. The molecule has 0 aliphatic carbocycles. The number of amides is 1. The molecule has 0 spiro atoms. The largest absolute Gasteiger partial charge is 0.322 e. The monoisotopic (exact) mass is 381 g/mol. The molecule has 4 nitrogen and oxygen atoms in total. The maximum absolute atomic E-state index is 13.1. The van der Waals surface area contributed by atoms with Crippen molar-refractivity contribution in [2.24, 2.45) is 7.05 Å². The fraction of sp³-hybridized carbons (Fsp3) is 0.238. The van der Waals surface area contributed by atoms with Gasteiger partial charge < -0.3 is 9.47 Å². The lowest BCUT2D eigenvalue weighted by molar-refractivity contribution is -0.116. The van der Waals surface area contributed by atoms with Crippen LogP contribution in [0, 0.1) is 5.82 Å². The van der Waals surface area contributed by atoms with Gasteiger partial charge >= 0.3 is 0 Å². The van der Waals surface area contributed by atoms with E-state index in [0.29, 0.717) is 5.75 Å². The zero-order valence-electron chi connectivity index (χ0n) is 15.1. The predicted octanol–water partition coefficient (Wildman–Crippen LogP) is 4.30. The molecule has 2 heterocycles. The Hall–Kier alpha value is -2.60. The Kier molecular flexibility index (Phi) is 4.99. The van der Waals surface area contributed by atoms with Gasteiger partial charge in [-0.3, -0.25) is 4.79 Å². The Morgan fingerprint density at radius 3 is 2.78 bits per heavy atom. The van der Waals surface area contributed by atoms with E-state index in [1.165, 1.54) is 29.5 Å². The molecule has 0 radical (unpaired) electrons. The van der Waals surface area contributed by atoms with Gasteiger partial charge in [0, 0.05) is 19.3 Å². The van der Waals surface area contributed by atoms with E-state index >= 15 is 0 Å². The average molecular weight is 381 g/mol. The number of rotatable bonds is 4. The molecular weight excluding hydrogens is 361 g/mol. The highest BCUT2D eigenvalue weighted by molar-refractivity contribution is 7.99. The van der Waals surface area contributed by atoms with Crippen molar-refractivity contribution in [3.63, 3.8) is 0 Å². The number of carbonyl (C=O) groups excluding carboxylic acids is 1. The van der Waals surface area contributed by atoms with Gasteiger partial charge in [-0.25, -0.2) is 9.37 Å². The molecule has 0 saturated carbocycles. The van der Waals surface area contributed by atoms with Gasteiger partial charge in [-0.1, -0.05) is 30.0 Å². The van der Waals surface area contributed by atoms with E-state index in [4.69, 9.17) is 0 Å². The highest BCUT2D eigenvalue weighted by Gasteiger charge is 2.22. The fourth-order valence-electron chi connectivity index (χ4n) is 3.41. The van der Waals surface area contributed by atoms with Crippen molar-refractivity contribution in [3.8, 4) is 11.3 Å². The Morgan fingerprint density at radius 1 is 1.19 bits per heavy atom. The molecule has 0 saturated heterocycles. The van der Waals surface area contributed by atoms with E-state index in [9.17, 15) is 9.18 Å². The van der Waals surface area contributed by atoms with Crippen LogP contribution in [0.2, 0.25) is 0 Å². The number of thioether (sulfide) groups is 1. The average Bonchev–Trinajstić information content (AvgIpc) is 3.07. The highest BCUT2D eigenvalue weighted by Crippen LogP contribution is 2.29. The number of anilines is 1. The number of benzene rings is 2. The third kappa shape index (κ3) is 3.62. The molecule has 4 rings (SSSR count). The minimum absolute atomic E-state index is 0.0958. The highest BCUT2D eigenvalue weighted by atomic mass is 32.2. The van der Waals surface area contributed by atoms with Gasteiger partial charge in [0.15, 0.2) is 5.16 Å².